The average molecular weight is 227 g/mol. The van der Waals surface area contributed by atoms with Gasteiger partial charge in [0.15, 0.2) is 11.6 Å². The highest BCUT2D eigenvalue weighted by atomic mass is 19.1. The van der Waals surface area contributed by atoms with Crippen LogP contribution in [0.5, 0.6) is 11.5 Å². The van der Waals surface area contributed by atoms with E-state index in [9.17, 15) is 4.39 Å². The molecule has 2 nitrogen and oxygen atoms in total. The van der Waals surface area contributed by atoms with Gasteiger partial charge in [0.2, 0.25) is 0 Å². The lowest BCUT2D eigenvalue weighted by Crippen LogP contribution is -1.92. The molecule has 84 valence electrons. The fourth-order valence-electron chi connectivity index (χ4n) is 1.47. The van der Waals surface area contributed by atoms with E-state index in [1.165, 1.54) is 6.07 Å². The van der Waals surface area contributed by atoms with E-state index >= 15 is 0 Å². The van der Waals surface area contributed by atoms with Crippen molar-refractivity contribution in [1.29, 1.82) is 5.26 Å². The van der Waals surface area contributed by atoms with Gasteiger partial charge in [0.05, 0.1) is 5.56 Å². The van der Waals surface area contributed by atoms with Crippen molar-refractivity contribution in [2.24, 2.45) is 0 Å². The summed E-state index contributed by atoms with van der Waals surface area (Å²) in [4.78, 5) is 0. The Kier molecular flexibility index (Phi) is 3.06. The van der Waals surface area contributed by atoms with Crippen LogP contribution in [-0.2, 0) is 0 Å². The summed E-state index contributed by atoms with van der Waals surface area (Å²) in [5, 5.41) is 8.90. The molecule has 2 aromatic carbocycles. The molecule has 0 fully saturated rings. The number of nitrogens with zero attached hydrogens (tertiary/aromatic N) is 1. The Labute approximate surface area is 98.9 Å². The number of nitriles is 1. The van der Waals surface area contributed by atoms with Crippen molar-refractivity contribution in [2.45, 2.75) is 6.92 Å². The van der Waals surface area contributed by atoms with E-state index in [1.54, 1.807) is 43.3 Å². The van der Waals surface area contributed by atoms with Crippen LogP contribution < -0.4 is 4.74 Å². The summed E-state index contributed by atoms with van der Waals surface area (Å²) in [5.74, 6) is 0.0902. The number of ether oxygens (including phenoxy) is 1. The van der Waals surface area contributed by atoms with Gasteiger partial charge in [-0.1, -0.05) is 24.3 Å². The third-order valence-corrected chi connectivity index (χ3v) is 2.38. The van der Waals surface area contributed by atoms with E-state index in [0.717, 1.165) is 0 Å². The zero-order valence-corrected chi connectivity index (χ0v) is 9.27. The highest BCUT2D eigenvalue weighted by Gasteiger charge is 2.09. The van der Waals surface area contributed by atoms with Gasteiger partial charge in [-0.25, -0.2) is 4.39 Å². The summed E-state index contributed by atoms with van der Waals surface area (Å²) < 4.78 is 19.1. The van der Waals surface area contributed by atoms with Crippen molar-refractivity contribution in [3.8, 4) is 17.6 Å². The van der Waals surface area contributed by atoms with E-state index in [2.05, 4.69) is 0 Å². The fraction of sp³-hybridized carbons (Fsp3) is 0.0714. The molecule has 0 bridgehead atoms. The molecule has 2 rings (SSSR count). The van der Waals surface area contributed by atoms with Crippen LogP contribution in [0.25, 0.3) is 0 Å². The highest BCUT2D eigenvalue weighted by Crippen LogP contribution is 2.28. The Balaban J connectivity index is 2.39. The Bertz CT molecular complexity index is 587. The van der Waals surface area contributed by atoms with Gasteiger partial charge in [0.25, 0.3) is 0 Å². The van der Waals surface area contributed by atoms with Gasteiger partial charge in [0, 0.05) is 0 Å². The molecule has 0 saturated carbocycles. The van der Waals surface area contributed by atoms with Crippen molar-refractivity contribution in [3.05, 3.63) is 59.4 Å². The molecule has 0 aromatic heterocycles. The van der Waals surface area contributed by atoms with Crippen molar-refractivity contribution in [3.63, 3.8) is 0 Å². The molecule has 0 aliphatic heterocycles. The average Bonchev–Trinajstić information content (AvgIpc) is 2.35. The summed E-state index contributed by atoms with van der Waals surface area (Å²) in [7, 11) is 0. The van der Waals surface area contributed by atoms with E-state index in [1.807, 2.05) is 6.07 Å². The third kappa shape index (κ3) is 2.26. The van der Waals surface area contributed by atoms with Crippen LogP contribution in [0.3, 0.4) is 0 Å². The van der Waals surface area contributed by atoms with Gasteiger partial charge in [-0.15, -0.1) is 0 Å². The zero-order valence-electron chi connectivity index (χ0n) is 9.27. The van der Waals surface area contributed by atoms with Crippen molar-refractivity contribution in [1.82, 2.24) is 0 Å². The molecular weight excluding hydrogens is 217 g/mol. The van der Waals surface area contributed by atoms with Crippen molar-refractivity contribution in [2.75, 3.05) is 0 Å². The van der Waals surface area contributed by atoms with Gasteiger partial charge in [-0.3, -0.25) is 0 Å². The summed E-state index contributed by atoms with van der Waals surface area (Å²) >= 11 is 0. The summed E-state index contributed by atoms with van der Waals surface area (Å²) in [6.07, 6.45) is 0. The molecule has 0 amide bonds. The second kappa shape index (κ2) is 4.67. The Morgan fingerprint density at radius 3 is 2.53 bits per heavy atom. The number of benzene rings is 2. The minimum atomic E-state index is -0.403. The van der Waals surface area contributed by atoms with Crippen LogP contribution in [0.4, 0.5) is 4.39 Å². The maximum atomic E-state index is 13.7. The molecule has 2 aromatic rings. The monoisotopic (exact) mass is 227 g/mol. The van der Waals surface area contributed by atoms with Gasteiger partial charge in [-0.2, -0.15) is 5.26 Å². The first-order valence-electron chi connectivity index (χ1n) is 5.14. The Morgan fingerprint density at radius 1 is 1.06 bits per heavy atom. The summed E-state index contributed by atoms with van der Waals surface area (Å²) in [6, 6.07) is 13.7. The number of hydrogen-bond acceptors (Lipinski definition) is 2. The van der Waals surface area contributed by atoms with Crippen LogP contribution in [0.15, 0.2) is 42.5 Å². The number of rotatable bonds is 2. The molecule has 0 atom stereocenters. The summed E-state index contributed by atoms with van der Waals surface area (Å²) in [6.45, 7) is 1.67. The fourth-order valence-corrected chi connectivity index (χ4v) is 1.47. The smallest absolute Gasteiger partial charge is 0.168 e. The zero-order chi connectivity index (χ0) is 12.3. The normalized spacial score (nSPS) is 9.71. The van der Waals surface area contributed by atoms with E-state index in [-0.39, 0.29) is 5.75 Å². The number of para-hydroxylation sites is 1. The van der Waals surface area contributed by atoms with E-state index in [4.69, 9.17) is 10.00 Å². The summed E-state index contributed by atoms with van der Waals surface area (Å²) in [5.41, 5.74) is 0.894. The second-order valence-electron chi connectivity index (χ2n) is 3.60. The molecule has 0 N–H and O–H groups in total. The molecule has 3 heteroatoms. The Morgan fingerprint density at radius 2 is 1.76 bits per heavy atom. The topological polar surface area (TPSA) is 33.0 Å². The van der Waals surface area contributed by atoms with Crippen LogP contribution in [0.1, 0.15) is 11.1 Å². The minimum absolute atomic E-state index is 0.132. The van der Waals surface area contributed by atoms with Crippen LogP contribution in [0.2, 0.25) is 0 Å². The quantitative estimate of drug-likeness (QED) is 0.781. The number of hydrogen-bond donors (Lipinski definition) is 0. The van der Waals surface area contributed by atoms with Crippen LogP contribution >= 0.6 is 0 Å². The maximum absolute atomic E-state index is 13.7. The lowest BCUT2D eigenvalue weighted by atomic mass is 10.2. The number of aryl methyl sites for hydroxylation is 1. The SMILES string of the molecule is Cc1cccc(Oc2ccccc2C#N)c1F. The van der Waals surface area contributed by atoms with Crippen molar-refractivity contribution >= 4 is 0 Å². The molecule has 0 aliphatic carbocycles. The van der Waals surface area contributed by atoms with E-state index < -0.39 is 5.82 Å². The predicted molar refractivity (Wildman–Crippen MR) is 62.4 cm³/mol. The predicted octanol–water partition coefficient (Wildman–Crippen LogP) is 3.80. The number of halogens is 1. The molecular formula is C14H10FNO. The largest absolute Gasteiger partial charge is 0.453 e. The van der Waals surface area contributed by atoms with Crippen molar-refractivity contribution < 1.29 is 9.13 Å². The first-order chi connectivity index (χ1) is 8.22. The van der Waals surface area contributed by atoms with Gasteiger partial charge < -0.3 is 4.74 Å². The van der Waals surface area contributed by atoms with Gasteiger partial charge >= 0.3 is 0 Å². The molecule has 17 heavy (non-hydrogen) atoms. The third-order valence-electron chi connectivity index (χ3n) is 2.38. The first-order valence-corrected chi connectivity index (χ1v) is 5.14. The first kappa shape index (κ1) is 11.2. The molecule has 0 unspecified atom stereocenters. The van der Waals surface area contributed by atoms with E-state index in [0.29, 0.717) is 16.9 Å². The van der Waals surface area contributed by atoms with Gasteiger partial charge in [0.1, 0.15) is 11.8 Å². The Hall–Kier alpha value is -2.34. The minimum Gasteiger partial charge on any atom is -0.453 e. The molecule has 0 heterocycles. The lowest BCUT2D eigenvalue weighted by Gasteiger charge is -2.08. The van der Waals surface area contributed by atoms with Crippen LogP contribution in [-0.4, -0.2) is 0 Å². The van der Waals surface area contributed by atoms with Gasteiger partial charge in [-0.05, 0) is 30.7 Å². The van der Waals surface area contributed by atoms with Crippen LogP contribution in [0, 0.1) is 24.1 Å². The molecule has 0 aliphatic rings. The lowest BCUT2D eigenvalue weighted by molar-refractivity contribution is 0.439. The molecule has 0 spiro atoms. The second-order valence-corrected chi connectivity index (χ2v) is 3.60. The molecule has 0 radical (unpaired) electrons. The molecule has 0 saturated heterocycles. The highest BCUT2D eigenvalue weighted by molar-refractivity contribution is 5.45. The standard InChI is InChI=1S/C14H10FNO/c1-10-5-4-8-13(14(10)15)17-12-7-3-2-6-11(12)9-16/h2-8H,1H3. The maximum Gasteiger partial charge on any atom is 0.168 e.